The normalized spacial score (nSPS) is 11.5. The average molecular weight is 923 g/mol. The lowest BCUT2D eigenvalue weighted by molar-refractivity contribution is 1.17. The van der Waals surface area contributed by atoms with E-state index in [1.54, 1.807) is 0 Å². The fourth-order valence-corrected chi connectivity index (χ4v) is 10.7. The summed E-state index contributed by atoms with van der Waals surface area (Å²) in [6.07, 6.45) is 0. The summed E-state index contributed by atoms with van der Waals surface area (Å²) in [6, 6.07) is 96.8. The molecule has 0 saturated carbocycles. The van der Waals surface area contributed by atoms with Gasteiger partial charge in [0.2, 0.25) is 0 Å². The van der Waals surface area contributed by atoms with E-state index in [9.17, 15) is 0 Å². The third-order valence-corrected chi connectivity index (χ3v) is 14.2. The van der Waals surface area contributed by atoms with Crippen molar-refractivity contribution in [3.05, 3.63) is 278 Å². The molecule has 0 amide bonds. The number of aromatic nitrogens is 2. The van der Waals surface area contributed by atoms with E-state index in [0.29, 0.717) is 0 Å². The minimum Gasteiger partial charge on any atom is -0.311 e. The van der Waals surface area contributed by atoms with Crippen molar-refractivity contribution in [1.29, 1.82) is 0 Å². The van der Waals surface area contributed by atoms with Gasteiger partial charge >= 0.3 is 0 Å². The molecule has 0 atom stereocenters. The first-order valence-corrected chi connectivity index (χ1v) is 24.7. The summed E-state index contributed by atoms with van der Waals surface area (Å²) in [5.74, 6) is 0. The van der Waals surface area contributed by atoms with Crippen molar-refractivity contribution in [1.82, 2.24) is 9.13 Å². The molecule has 0 bridgehead atoms. The summed E-state index contributed by atoms with van der Waals surface area (Å²) < 4.78 is 4.90. The highest BCUT2D eigenvalue weighted by atomic mass is 15.1. The Morgan fingerprint density at radius 3 is 0.806 bits per heavy atom. The summed E-state index contributed by atoms with van der Waals surface area (Å²) in [6.45, 7) is 4.38. The standard InChI is InChI=1S/C68H50N4/c1-47-23-41-65-61(43-47)63-45-68-64(46-67(63)71(65)59-37-29-51(30-38-59)49-25-33-57(34-26-49)69(53-15-7-3-8-16-53)54-17-9-4-10-18-54)62-44-48(2)24-42-66(62)72(68)60-39-31-52(32-40-60)50-27-35-58(36-28-50)70(55-19-11-5-12-20-55)56-21-13-6-14-22-56/h3-46H,1-2H3. The van der Waals surface area contributed by atoms with Crippen LogP contribution in [0.25, 0.3) is 77.2 Å². The van der Waals surface area contributed by atoms with E-state index in [1.807, 2.05) is 0 Å². The van der Waals surface area contributed by atoms with Gasteiger partial charge < -0.3 is 18.9 Å². The van der Waals surface area contributed by atoms with Crippen LogP contribution in [0.5, 0.6) is 0 Å². The molecule has 4 nitrogen and oxygen atoms in total. The number of nitrogens with zero attached hydrogens (tertiary/aromatic N) is 4. The Morgan fingerprint density at radius 2 is 0.500 bits per heavy atom. The van der Waals surface area contributed by atoms with Gasteiger partial charge in [-0.15, -0.1) is 0 Å². The number of hydrogen-bond donors (Lipinski definition) is 0. The number of hydrogen-bond acceptors (Lipinski definition) is 2. The number of rotatable bonds is 10. The fraction of sp³-hybridized carbons (Fsp3) is 0.0294. The minimum absolute atomic E-state index is 1.12. The zero-order valence-corrected chi connectivity index (χ0v) is 40.2. The molecule has 0 aliphatic heterocycles. The second-order valence-electron chi connectivity index (χ2n) is 18.8. The van der Waals surface area contributed by atoms with Crippen LogP contribution in [-0.2, 0) is 0 Å². The largest absolute Gasteiger partial charge is 0.311 e. The molecule has 72 heavy (non-hydrogen) atoms. The molecule has 2 heterocycles. The predicted molar refractivity (Wildman–Crippen MR) is 305 cm³/mol. The van der Waals surface area contributed by atoms with E-state index in [0.717, 1.165) is 45.5 Å². The van der Waals surface area contributed by atoms with Crippen LogP contribution < -0.4 is 9.80 Å². The molecule has 0 fully saturated rings. The Morgan fingerprint density at radius 1 is 0.236 bits per heavy atom. The van der Waals surface area contributed by atoms with E-state index < -0.39 is 0 Å². The van der Waals surface area contributed by atoms with Crippen LogP contribution in [-0.4, -0.2) is 9.13 Å². The van der Waals surface area contributed by atoms with Gasteiger partial charge in [0.1, 0.15) is 0 Å². The number of fused-ring (bicyclic) bond motifs is 6. The molecular weight excluding hydrogens is 873 g/mol. The van der Waals surface area contributed by atoms with Crippen LogP contribution in [0.2, 0.25) is 0 Å². The number of para-hydroxylation sites is 4. The van der Waals surface area contributed by atoms with Crippen molar-refractivity contribution in [3.8, 4) is 33.6 Å². The van der Waals surface area contributed by atoms with Crippen molar-refractivity contribution >= 4 is 77.7 Å². The van der Waals surface area contributed by atoms with Crippen molar-refractivity contribution in [2.24, 2.45) is 0 Å². The predicted octanol–water partition coefficient (Wildman–Crippen LogP) is 18.8. The van der Waals surface area contributed by atoms with Gasteiger partial charge in [0.15, 0.2) is 0 Å². The molecule has 342 valence electrons. The van der Waals surface area contributed by atoms with Crippen molar-refractivity contribution in [2.45, 2.75) is 13.8 Å². The van der Waals surface area contributed by atoms with Gasteiger partial charge in [-0.3, -0.25) is 0 Å². The van der Waals surface area contributed by atoms with Crippen LogP contribution >= 0.6 is 0 Å². The Bertz CT molecular complexity index is 3700. The van der Waals surface area contributed by atoms with Crippen LogP contribution in [0.15, 0.2) is 267 Å². The van der Waals surface area contributed by atoms with E-state index in [1.165, 1.54) is 77.0 Å². The Labute approximate surface area is 420 Å². The van der Waals surface area contributed by atoms with Crippen molar-refractivity contribution in [3.63, 3.8) is 0 Å². The molecule has 0 aliphatic carbocycles. The fourth-order valence-electron chi connectivity index (χ4n) is 10.7. The molecular formula is C68H50N4. The molecule has 0 N–H and O–H groups in total. The smallest absolute Gasteiger partial charge is 0.0548 e. The maximum Gasteiger partial charge on any atom is 0.0548 e. The Balaban J connectivity index is 0.862. The lowest BCUT2D eigenvalue weighted by atomic mass is 10.0. The highest BCUT2D eigenvalue weighted by molar-refractivity contribution is 6.19. The van der Waals surface area contributed by atoms with E-state index >= 15 is 0 Å². The molecule has 0 radical (unpaired) electrons. The van der Waals surface area contributed by atoms with Gasteiger partial charge in [-0.2, -0.15) is 0 Å². The van der Waals surface area contributed by atoms with Gasteiger partial charge in [-0.25, -0.2) is 0 Å². The maximum absolute atomic E-state index is 2.45. The summed E-state index contributed by atoms with van der Waals surface area (Å²) in [7, 11) is 0. The third-order valence-electron chi connectivity index (χ3n) is 14.2. The van der Waals surface area contributed by atoms with Gasteiger partial charge in [0.05, 0.1) is 22.1 Å². The number of aryl methyl sites for hydroxylation is 2. The summed E-state index contributed by atoms with van der Waals surface area (Å²) in [4.78, 5) is 4.60. The molecule has 13 aromatic rings. The lowest BCUT2D eigenvalue weighted by Gasteiger charge is -2.25. The zero-order valence-electron chi connectivity index (χ0n) is 40.2. The Hall–Kier alpha value is -9.38. The quantitative estimate of drug-likeness (QED) is 0.136. The lowest BCUT2D eigenvalue weighted by Crippen LogP contribution is -2.09. The first-order chi connectivity index (χ1) is 35.5. The molecule has 0 aliphatic rings. The highest BCUT2D eigenvalue weighted by Gasteiger charge is 2.20. The molecule has 4 heteroatoms. The van der Waals surface area contributed by atoms with Crippen LogP contribution in [0.3, 0.4) is 0 Å². The number of anilines is 6. The third kappa shape index (κ3) is 7.58. The summed E-state index contributed by atoms with van der Waals surface area (Å²) >= 11 is 0. The topological polar surface area (TPSA) is 16.3 Å². The van der Waals surface area contributed by atoms with Gasteiger partial charge in [0.25, 0.3) is 0 Å². The van der Waals surface area contributed by atoms with Crippen LogP contribution in [0.1, 0.15) is 11.1 Å². The first-order valence-electron chi connectivity index (χ1n) is 24.7. The maximum atomic E-state index is 2.45. The van der Waals surface area contributed by atoms with E-state index in [-0.39, 0.29) is 0 Å². The zero-order chi connectivity index (χ0) is 48.1. The molecule has 11 aromatic carbocycles. The van der Waals surface area contributed by atoms with Crippen molar-refractivity contribution < 1.29 is 0 Å². The first kappa shape index (κ1) is 42.7. The van der Waals surface area contributed by atoms with Gasteiger partial charge in [-0.1, -0.05) is 145 Å². The molecule has 0 saturated heterocycles. The van der Waals surface area contributed by atoms with Gasteiger partial charge in [-0.05, 0) is 170 Å². The minimum atomic E-state index is 1.12. The molecule has 13 rings (SSSR count). The summed E-state index contributed by atoms with van der Waals surface area (Å²) in [5, 5.41) is 4.97. The number of benzene rings is 11. The van der Waals surface area contributed by atoms with Crippen molar-refractivity contribution in [2.75, 3.05) is 9.80 Å². The molecule has 0 unspecified atom stereocenters. The summed E-state index contributed by atoms with van der Waals surface area (Å²) in [5.41, 5.74) is 21.0. The van der Waals surface area contributed by atoms with E-state index in [4.69, 9.17) is 0 Å². The molecule has 0 spiro atoms. The van der Waals surface area contributed by atoms with E-state index in [2.05, 4.69) is 300 Å². The molecule has 2 aromatic heterocycles. The van der Waals surface area contributed by atoms with Crippen LogP contribution in [0.4, 0.5) is 34.1 Å². The van der Waals surface area contributed by atoms with Gasteiger partial charge in [0, 0.05) is 67.0 Å². The monoisotopic (exact) mass is 922 g/mol. The second-order valence-corrected chi connectivity index (χ2v) is 18.8. The SMILES string of the molecule is Cc1ccc2c(c1)c1cc3c(cc1n2-c1ccc(-c2ccc(N(c4ccccc4)c4ccccc4)cc2)cc1)c1cc(C)ccc1n3-c1ccc(-c2ccc(N(c3ccccc3)c3ccccc3)cc2)cc1. The average Bonchev–Trinajstić information content (AvgIpc) is 3.92. The highest BCUT2D eigenvalue weighted by Crippen LogP contribution is 2.42. The second kappa shape index (κ2) is 17.9. The Kier molecular flexibility index (Phi) is 10.6. The van der Waals surface area contributed by atoms with Crippen LogP contribution in [0, 0.1) is 13.8 Å².